The van der Waals surface area contributed by atoms with E-state index in [0.29, 0.717) is 36.2 Å². The lowest BCUT2D eigenvalue weighted by Gasteiger charge is -2.31. The number of nitrogens with one attached hydrogen (secondary N) is 1. The highest BCUT2D eigenvalue weighted by atomic mass is 16.4. The van der Waals surface area contributed by atoms with Crippen LogP contribution in [0.5, 0.6) is 0 Å². The van der Waals surface area contributed by atoms with E-state index in [9.17, 15) is 19.5 Å². The van der Waals surface area contributed by atoms with Gasteiger partial charge in [0.1, 0.15) is 5.54 Å². The molecule has 1 aromatic carbocycles. The molecule has 1 fully saturated rings. The van der Waals surface area contributed by atoms with E-state index in [4.69, 9.17) is 0 Å². The molecule has 1 aromatic heterocycles. The highest BCUT2D eigenvalue weighted by Gasteiger charge is 2.46. The van der Waals surface area contributed by atoms with Crippen LogP contribution in [0, 0.1) is 0 Å². The normalized spacial score (nSPS) is 19.2. The minimum absolute atomic E-state index is 0.334. The molecule has 1 saturated heterocycles. The monoisotopic (exact) mass is 353 g/mol. The van der Waals surface area contributed by atoms with E-state index in [1.54, 1.807) is 49.5 Å². The first-order valence-electron chi connectivity index (χ1n) is 8.28. The molecule has 1 aliphatic heterocycles. The molecule has 7 nitrogen and oxygen atoms in total. The van der Waals surface area contributed by atoms with Crippen molar-refractivity contribution in [3.05, 3.63) is 59.9 Å². The molecule has 0 radical (unpaired) electrons. The fourth-order valence-corrected chi connectivity index (χ4v) is 3.10. The summed E-state index contributed by atoms with van der Waals surface area (Å²) in [5.74, 6) is -1.70. The Balaban J connectivity index is 1.80. The van der Waals surface area contributed by atoms with Crippen molar-refractivity contribution in [2.45, 2.75) is 25.3 Å². The summed E-state index contributed by atoms with van der Waals surface area (Å²) in [7, 11) is 0. The summed E-state index contributed by atoms with van der Waals surface area (Å²) in [6, 6.07) is 9.79. The lowest BCUT2D eigenvalue weighted by Crippen LogP contribution is -2.50. The van der Waals surface area contributed by atoms with Gasteiger partial charge in [0.15, 0.2) is 0 Å². The molecule has 3 rings (SSSR count). The van der Waals surface area contributed by atoms with Gasteiger partial charge in [-0.1, -0.05) is 6.07 Å². The zero-order chi connectivity index (χ0) is 18.7. The Hall–Kier alpha value is -3.22. The van der Waals surface area contributed by atoms with Crippen LogP contribution in [0.4, 0.5) is 5.69 Å². The van der Waals surface area contributed by atoms with Gasteiger partial charge in [0, 0.05) is 30.2 Å². The summed E-state index contributed by atoms with van der Waals surface area (Å²) >= 11 is 0. The van der Waals surface area contributed by atoms with Crippen LogP contribution in [0.1, 0.15) is 40.5 Å². The largest absolute Gasteiger partial charge is 0.480 e. The van der Waals surface area contributed by atoms with Gasteiger partial charge < -0.3 is 15.3 Å². The van der Waals surface area contributed by atoms with E-state index in [1.807, 2.05) is 0 Å². The van der Waals surface area contributed by atoms with E-state index in [2.05, 4.69) is 10.3 Å². The number of carboxylic acids is 1. The Bertz CT molecular complexity index is 853. The molecule has 1 atom stereocenters. The maximum atomic E-state index is 12.8. The highest BCUT2D eigenvalue weighted by Crippen LogP contribution is 2.31. The first-order chi connectivity index (χ1) is 12.4. The fourth-order valence-electron chi connectivity index (χ4n) is 3.10. The summed E-state index contributed by atoms with van der Waals surface area (Å²) in [4.78, 5) is 41.9. The molecule has 7 heteroatoms. The molecule has 2 N–H and O–H groups in total. The zero-order valence-electron chi connectivity index (χ0n) is 14.3. The average Bonchev–Trinajstić information content (AvgIpc) is 3.05. The minimum atomic E-state index is -1.20. The minimum Gasteiger partial charge on any atom is -0.480 e. The number of hydrogen-bond acceptors (Lipinski definition) is 4. The van der Waals surface area contributed by atoms with Crippen molar-refractivity contribution in [1.82, 2.24) is 9.88 Å². The highest BCUT2D eigenvalue weighted by molar-refractivity contribution is 6.05. The van der Waals surface area contributed by atoms with Gasteiger partial charge in [-0.2, -0.15) is 0 Å². The van der Waals surface area contributed by atoms with Crippen LogP contribution in [0.3, 0.4) is 0 Å². The van der Waals surface area contributed by atoms with Crippen LogP contribution in [-0.2, 0) is 4.79 Å². The van der Waals surface area contributed by atoms with Gasteiger partial charge in [-0.05, 0) is 50.1 Å². The Morgan fingerprint density at radius 2 is 1.96 bits per heavy atom. The van der Waals surface area contributed by atoms with Crippen molar-refractivity contribution in [3.8, 4) is 0 Å². The summed E-state index contributed by atoms with van der Waals surface area (Å²) in [5, 5.41) is 12.2. The molecule has 134 valence electrons. The molecule has 1 aliphatic rings. The predicted octanol–water partition coefficient (Wildman–Crippen LogP) is 2.41. The number of anilines is 1. The van der Waals surface area contributed by atoms with Gasteiger partial charge in [0.05, 0.1) is 5.56 Å². The van der Waals surface area contributed by atoms with E-state index in [0.717, 1.165) is 0 Å². The van der Waals surface area contributed by atoms with Crippen molar-refractivity contribution in [2.24, 2.45) is 0 Å². The predicted molar refractivity (Wildman–Crippen MR) is 94.9 cm³/mol. The first-order valence-corrected chi connectivity index (χ1v) is 8.28. The Morgan fingerprint density at radius 1 is 1.19 bits per heavy atom. The number of hydrogen-bond donors (Lipinski definition) is 2. The zero-order valence-corrected chi connectivity index (χ0v) is 14.3. The number of pyridine rings is 1. The first kappa shape index (κ1) is 17.6. The SMILES string of the molecule is CC1(C(=O)O)CCCN1C(=O)c1cccc(NC(=O)c2cccnc2)c1. The van der Waals surface area contributed by atoms with E-state index in [-0.39, 0.29) is 11.8 Å². The number of aliphatic carboxylic acids is 1. The van der Waals surface area contributed by atoms with Gasteiger partial charge in [-0.15, -0.1) is 0 Å². The second kappa shape index (κ2) is 6.95. The molecule has 0 spiro atoms. The van der Waals surface area contributed by atoms with Crippen molar-refractivity contribution >= 4 is 23.5 Å². The number of carbonyl (C=O) groups excluding carboxylic acids is 2. The van der Waals surface area contributed by atoms with Crippen LogP contribution in [0.2, 0.25) is 0 Å². The maximum absolute atomic E-state index is 12.8. The average molecular weight is 353 g/mol. The quantitative estimate of drug-likeness (QED) is 0.879. The number of carbonyl (C=O) groups is 3. The summed E-state index contributed by atoms with van der Waals surface area (Å²) < 4.78 is 0. The number of benzene rings is 1. The van der Waals surface area contributed by atoms with E-state index in [1.165, 1.54) is 11.1 Å². The van der Waals surface area contributed by atoms with E-state index < -0.39 is 11.5 Å². The van der Waals surface area contributed by atoms with Crippen LogP contribution in [0.25, 0.3) is 0 Å². The fraction of sp³-hybridized carbons (Fsp3) is 0.263. The third-order valence-corrected chi connectivity index (χ3v) is 4.64. The molecule has 2 amide bonds. The van der Waals surface area contributed by atoms with Crippen molar-refractivity contribution in [3.63, 3.8) is 0 Å². The van der Waals surface area contributed by atoms with Crippen LogP contribution in [0.15, 0.2) is 48.8 Å². The molecule has 2 heterocycles. The lowest BCUT2D eigenvalue weighted by molar-refractivity contribution is -0.147. The molecule has 26 heavy (non-hydrogen) atoms. The van der Waals surface area contributed by atoms with E-state index >= 15 is 0 Å². The maximum Gasteiger partial charge on any atom is 0.329 e. The number of aromatic nitrogens is 1. The van der Waals surface area contributed by atoms with Crippen molar-refractivity contribution in [2.75, 3.05) is 11.9 Å². The standard InChI is InChI=1S/C19H19N3O4/c1-19(18(25)26)8-4-10-22(19)17(24)13-5-2-7-15(11-13)21-16(23)14-6-3-9-20-12-14/h2-3,5-7,9,11-12H,4,8,10H2,1H3,(H,21,23)(H,25,26). The van der Waals surface area contributed by atoms with Gasteiger partial charge in [0.25, 0.3) is 11.8 Å². The third kappa shape index (κ3) is 3.28. The second-order valence-electron chi connectivity index (χ2n) is 6.42. The Labute approximate surface area is 150 Å². The molecule has 2 aromatic rings. The summed E-state index contributed by atoms with van der Waals surface area (Å²) in [6.07, 6.45) is 4.09. The van der Waals surface area contributed by atoms with Gasteiger partial charge >= 0.3 is 5.97 Å². The molecule has 0 bridgehead atoms. The Morgan fingerprint density at radius 3 is 2.65 bits per heavy atom. The van der Waals surface area contributed by atoms with Gasteiger partial charge in [-0.3, -0.25) is 14.6 Å². The van der Waals surface area contributed by atoms with Gasteiger partial charge in [-0.25, -0.2) is 4.79 Å². The van der Waals surface area contributed by atoms with Gasteiger partial charge in [0.2, 0.25) is 0 Å². The number of rotatable bonds is 4. The number of amides is 2. The smallest absolute Gasteiger partial charge is 0.329 e. The second-order valence-corrected chi connectivity index (χ2v) is 6.42. The molecule has 1 unspecified atom stereocenters. The molecular formula is C19H19N3O4. The molecule has 0 aliphatic carbocycles. The lowest BCUT2D eigenvalue weighted by atomic mass is 9.98. The molecular weight excluding hydrogens is 334 g/mol. The molecule has 0 saturated carbocycles. The Kier molecular flexibility index (Phi) is 4.71. The van der Waals surface area contributed by atoms with Crippen LogP contribution >= 0.6 is 0 Å². The number of nitrogens with zero attached hydrogens (tertiary/aromatic N) is 2. The number of carboxylic acid groups (broad SMARTS) is 1. The summed E-state index contributed by atoms with van der Waals surface area (Å²) in [5.41, 5.74) is -0.00186. The van der Waals surface area contributed by atoms with Crippen molar-refractivity contribution in [1.29, 1.82) is 0 Å². The van der Waals surface area contributed by atoms with Crippen molar-refractivity contribution < 1.29 is 19.5 Å². The summed E-state index contributed by atoms with van der Waals surface area (Å²) in [6.45, 7) is 1.96. The van der Waals surface area contributed by atoms with Crippen LogP contribution in [-0.4, -0.2) is 44.9 Å². The topological polar surface area (TPSA) is 99.6 Å². The third-order valence-electron chi connectivity index (χ3n) is 4.64. The van der Waals surface area contributed by atoms with Crippen LogP contribution < -0.4 is 5.32 Å². The number of likely N-dealkylation sites (tertiary alicyclic amines) is 1.